The Labute approximate surface area is 126 Å². The van der Waals surface area contributed by atoms with Gasteiger partial charge in [0.2, 0.25) is 0 Å². The molecule has 2 rings (SSSR count). The van der Waals surface area contributed by atoms with Gasteiger partial charge in [0.25, 0.3) is 0 Å². The molecule has 2 aromatic rings. The zero-order valence-corrected chi connectivity index (χ0v) is 13.6. The van der Waals surface area contributed by atoms with Crippen molar-refractivity contribution in [3.63, 3.8) is 0 Å². The summed E-state index contributed by atoms with van der Waals surface area (Å²) in [6.07, 6.45) is 0.997. The topological polar surface area (TPSA) is 21.3 Å². The number of nitrogens with one attached hydrogen (secondary N) is 1. The zero-order valence-electron chi connectivity index (χ0n) is 11.2. The molecule has 4 heteroatoms. The number of benzene rings is 1. The van der Waals surface area contributed by atoms with Crippen LogP contribution < -0.4 is 10.1 Å². The van der Waals surface area contributed by atoms with Crippen molar-refractivity contribution in [3.8, 4) is 5.75 Å². The molecule has 0 saturated carbocycles. The van der Waals surface area contributed by atoms with Crippen molar-refractivity contribution in [2.24, 2.45) is 0 Å². The third kappa shape index (κ3) is 4.06. The van der Waals surface area contributed by atoms with Gasteiger partial charge in [0.1, 0.15) is 5.75 Å². The van der Waals surface area contributed by atoms with Gasteiger partial charge in [-0.25, -0.2) is 0 Å². The van der Waals surface area contributed by atoms with Gasteiger partial charge in [-0.15, -0.1) is 11.3 Å². The highest BCUT2D eigenvalue weighted by molar-refractivity contribution is 9.11. The van der Waals surface area contributed by atoms with Crippen molar-refractivity contribution < 1.29 is 4.74 Å². The fraction of sp³-hybridized carbons (Fsp3) is 0.333. The van der Waals surface area contributed by atoms with Crippen molar-refractivity contribution in [1.29, 1.82) is 0 Å². The number of hydrogen-bond donors (Lipinski definition) is 1. The van der Waals surface area contributed by atoms with Crippen molar-refractivity contribution in [2.75, 3.05) is 13.7 Å². The quantitative estimate of drug-likeness (QED) is 0.841. The molecular formula is C15H18BrNOS. The summed E-state index contributed by atoms with van der Waals surface area (Å²) in [6, 6.07) is 12.9. The predicted molar refractivity (Wildman–Crippen MR) is 85.1 cm³/mol. The molecule has 1 N–H and O–H groups in total. The fourth-order valence-electron chi connectivity index (χ4n) is 2.08. The van der Waals surface area contributed by atoms with E-state index >= 15 is 0 Å². The summed E-state index contributed by atoms with van der Waals surface area (Å²) in [4.78, 5) is 1.38. The van der Waals surface area contributed by atoms with Gasteiger partial charge in [-0.05, 0) is 52.3 Å². The summed E-state index contributed by atoms with van der Waals surface area (Å²) in [5.74, 6) is 0.910. The van der Waals surface area contributed by atoms with E-state index in [4.69, 9.17) is 4.74 Å². The van der Waals surface area contributed by atoms with E-state index in [0.29, 0.717) is 6.04 Å². The molecule has 0 spiro atoms. The average Bonchev–Trinajstić information content (AvgIpc) is 2.84. The number of hydrogen-bond acceptors (Lipinski definition) is 3. The standard InChI is InChI=1S/C15H18BrNOS/c1-3-17-14(10-13-7-8-15(16)19-13)11-5-4-6-12(9-11)18-2/h4-9,14,17H,3,10H2,1-2H3. The number of rotatable bonds is 6. The minimum Gasteiger partial charge on any atom is -0.497 e. The van der Waals surface area contributed by atoms with E-state index in [-0.39, 0.29) is 0 Å². The maximum Gasteiger partial charge on any atom is 0.119 e. The number of likely N-dealkylation sites (N-methyl/N-ethyl adjacent to an activating group) is 1. The summed E-state index contributed by atoms with van der Waals surface area (Å²) >= 11 is 5.31. The van der Waals surface area contributed by atoms with Crippen LogP contribution in [0.2, 0.25) is 0 Å². The van der Waals surface area contributed by atoms with E-state index in [1.807, 2.05) is 12.1 Å². The summed E-state index contributed by atoms with van der Waals surface area (Å²) in [5, 5.41) is 3.54. The van der Waals surface area contributed by atoms with E-state index in [9.17, 15) is 0 Å². The van der Waals surface area contributed by atoms with Gasteiger partial charge in [-0.2, -0.15) is 0 Å². The average molecular weight is 340 g/mol. The summed E-state index contributed by atoms with van der Waals surface area (Å²) in [6.45, 7) is 3.09. The predicted octanol–water partition coefficient (Wildman–Crippen LogP) is 4.41. The highest BCUT2D eigenvalue weighted by Crippen LogP contribution is 2.28. The first-order chi connectivity index (χ1) is 9.22. The lowest BCUT2D eigenvalue weighted by molar-refractivity contribution is 0.413. The Morgan fingerprint density at radius 1 is 1.32 bits per heavy atom. The van der Waals surface area contributed by atoms with Crippen molar-refractivity contribution in [3.05, 3.63) is 50.6 Å². The summed E-state index contributed by atoms with van der Waals surface area (Å²) < 4.78 is 6.49. The Morgan fingerprint density at radius 3 is 2.79 bits per heavy atom. The molecule has 0 amide bonds. The lowest BCUT2D eigenvalue weighted by Gasteiger charge is -2.18. The minimum atomic E-state index is 0.325. The number of halogens is 1. The number of thiophene rings is 1. The molecule has 0 saturated heterocycles. The molecule has 2 nitrogen and oxygen atoms in total. The smallest absolute Gasteiger partial charge is 0.119 e. The van der Waals surface area contributed by atoms with Gasteiger partial charge in [-0.3, -0.25) is 0 Å². The Hall–Kier alpha value is -0.840. The first-order valence-electron chi connectivity index (χ1n) is 6.34. The van der Waals surface area contributed by atoms with Crippen LogP contribution in [0.4, 0.5) is 0 Å². The molecule has 1 atom stereocenters. The Balaban J connectivity index is 2.18. The number of methoxy groups -OCH3 is 1. The van der Waals surface area contributed by atoms with Crippen LogP contribution in [0, 0.1) is 0 Å². The second kappa shape index (κ2) is 7.08. The maximum atomic E-state index is 5.30. The van der Waals surface area contributed by atoms with Gasteiger partial charge in [0, 0.05) is 17.3 Å². The van der Waals surface area contributed by atoms with Gasteiger partial charge in [0.15, 0.2) is 0 Å². The molecule has 1 heterocycles. The SMILES string of the molecule is CCNC(Cc1ccc(Br)s1)c1cccc(OC)c1. The third-order valence-corrected chi connectivity index (χ3v) is 4.63. The van der Waals surface area contributed by atoms with Gasteiger partial charge in [-0.1, -0.05) is 19.1 Å². The lowest BCUT2D eigenvalue weighted by Crippen LogP contribution is -2.22. The Bertz CT molecular complexity index is 526. The molecule has 0 bridgehead atoms. The molecule has 0 aliphatic heterocycles. The van der Waals surface area contributed by atoms with E-state index in [0.717, 1.165) is 18.7 Å². The molecule has 0 aliphatic rings. The van der Waals surface area contributed by atoms with E-state index in [1.165, 1.54) is 14.2 Å². The molecular weight excluding hydrogens is 322 g/mol. The summed E-state index contributed by atoms with van der Waals surface area (Å²) in [5.41, 5.74) is 1.27. The van der Waals surface area contributed by atoms with Crippen LogP contribution in [0.5, 0.6) is 5.75 Å². The van der Waals surface area contributed by atoms with Gasteiger partial charge < -0.3 is 10.1 Å². The van der Waals surface area contributed by atoms with Gasteiger partial charge >= 0.3 is 0 Å². The van der Waals surface area contributed by atoms with Gasteiger partial charge in [0.05, 0.1) is 10.9 Å². The summed E-state index contributed by atoms with van der Waals surface area (Å²) in [7, 11) is 1.71. The molecule has 0 fully saturated rings. The van der Waals surface area contributed by atoms with E-state index in [2.05, 4.69) is 52.4 Å². The van der Waals surface area contributed by atoms with Crippen LogP contribution in [-0.2, 0) is 6.42 Å². The third-order valence-electron chi connectivity index (χ3n) is 2.98. The maximum absolute atomic E-state index is 5.30. The molecule has 0 radical (unpaired) electrons. The van der Waals surface area contributed by atoms with Crippen LogP contribution in [0.3, 0.4) is 0 Å². The minimum absolute atomic E-state index is 0.325. The number of ether oxygens (including phenoxy) is 1. The second-order valence-corrected chi connectivity index (χ2v) is 6.84. The van der Waals surface area contributed by atoms with Crippen LogP contribution in [0.15, 0.2) is 40.2 Å². The molecule has 1 aromatic heterocycles. The van der Waals surface area contributed by atoms with Crippen LogP contribution in [0.25, 0.3) is 0 Å². The van der Waals surface area contributed by atoms with E-state index < -0.39 is 0 Å². The first-order valence-corrected chi connectivity index (χ1v) is 7.95. The molecule has 19 heavy (non-hydrogen) atoms. The highest BCUT2D eigenvalue weighted by atomic mass is 79.9. The molecule has 1 aromatic carbocycles. The zero-order chi connectivity index (χ0) is 13.7. The van der Waals surface area contributed by atoms with Crippen LogP contribution in [-0.4, -0.2) is 13.7 Å². The lowest BCUT2D eigenvalue weighted by atomic mass is 10.0. The first kappa shape index (κ1) is 14.6. The largest absolute Gasteiger partial charge is 0.497 e. The van der Waals surface area contributed by atoms with Crippen LogP contribution >= 0.6 is 27.3 Å². The Kier molecular flexibility index (Phi) is 5.43. The molecule has 0 aliphatic carbocycles. The highest BCUT2D eigenvalue weighted by Gasteiger charge is 2.13. The molecule has 1 unspecified atom stereocenters. The second-order valence-electron chi connectivity index (χ2n) is 4.30. The monoisotopic (exact) mass is 339 g/mol. The molecule has 102 valence electrons. The van der Waals surface area contributed by atoms with Crippen molar-refractivity contribution in [1.82, 2.24) is 5.32 Å². The fourth-order valence-corrected chi connectivity index (χ4v) is 3.60. The normalized spacial score (nSPS) is 12.4. The van der Waals surface area contributed by atoms with Crippen molar-refractivity contribution in [2.45, 2.75) is 19.4 Å². The van der Waals surface area contributed by atoms with E-state index in [1.54, 1.807) is 18.4 Å². The Morgan fingerprint density at radius 2 is 2.16 bits per heavy atom. The van der Waals surface area contributed by atoms with Crippen molar-refractivity contribution >= 4 is 27.3 Å². The van der Waals surface area contributed by atoms with Crippen LogP contribution in [0.1, 0.15) is 23.4 Å².